The number of hydrogen-bond acceptors (Lipinski definition) is 5. The molecule has 6 nitrogen and oxygen atoms in total. The first-order chi connectivity index (χ1) is 11.5. The number of sulfone groups is 1. The Hall–Kier alpha value is -0.360. The molecule has 0 aromatic heterocycles. The molecule has 1 amide bonds. The highest BCUT2D eigenvalue weighted by atomic mass is 35.5. The third-order valence-electron chi connectivity index (χ3n) is 4.92. The highest BCUT2D eigenvalue weighted by Crippen LogP contribution is 2.31. The van der Waals surface area contributed by atoms with Crippen molar-refractivity contribution in [3.05, 3.63) is 0 Å². The summed E-state index contributed by atoms with van der Waals surface area (Å²) in [6.45, 7) is -0.170. The van der Waals surface area contributed by atoms with Crippen LogP contribution in [-0.2, 0) is 14.6 Å². The minimum absolute atomic E-state index is 0. The largest absolute Gasteiger partial charge is 0.339 e. The van der Waals surface area contributed by atoms with Crippen LogP contribution in [0.25, 0.3) is 0 Å². The SMILES string of the molecule is CS(=O)(=O)C1(C(=O)N2CCN(CC(F)(F)C(F)F)CC2)CCNCC1.Cl.Cl. The van der Waals surface area contributed by atoms with Gasteiger partial charge in [-0.1, -0.05) is 0 Å². The molecule has 2 aliphatic rings. The van der Waals surface area contributed by atoms with Gasteiger partial charge in [-0.15, -0.1) is 24.8 Å². The van der Waals surface area contributed by atoms with Gasteiger partial charge in [0, 0.05) is 32.4 Å². The van der Waals surface area contributed by atoms with Gasteiger partial charge in [0.25, 0.3) is 0 Å². The first-order valence-electron chi connectivity index (χ1n) is 8.08. The van der Waals surface area contributed by atoms with E-state index in [1.54, 1.807) is 0 Å². The maximum absolute atomic E-state index is 13.1. The molecule has 0 spiro atoms. The smallest absolute Gasteiger partial charge is 0.319 e. The van der Waals surface area contributed by atoms with Crippen LogP contribution in [0.5, 0.6) is 0 Å². The van der Waals surface area contributed by atoms with E-state index in [0.717, 1.165) is 6.26 Å². The summed E-state index contributed by atoms with van der Waals surface area (Å²) in [6, 6.07) is 0. The fraction of sp³-hybridized carbons (Fsp3) is 0.929. The minimum atomic E-state index is -4.10. The van der Waals surface area contributed by atoms with Crippen molar-refractivity contribution in [2.45, 2.75) is 29.9 Å². The van der Waals surface area contributed by atoms with Crippen molar-refractivity contribution in [2.24, 2.45) is 0 Å². The van der Waals surface area contributed by atoms with Gasteiger partial charge in [0.2, 0.25) is 5.91 Å². The lowest BCUT2D eigenvalue weighted by Crippen LogP contribution is -2.61. The van der Waals surface area contributed by atoms with Crippen molar-refractivity contribution in [3.8, 4) is 0 Å². The van der Waals surface area contributed by atoms with Crippen LogP contribution in [0.2, 0.25) is 0 Å². The van der Waals surface area contributed by atoms with E-state index in [0.29, 0.717) is 13.1 Å². The highest BCUT2D eigenvalue weighted by Gasteiger charge is 2.51. The van der Waals surface area contributed by atoms with Crippen molar-refractivity contribution in [1.29, 1.82) is 0 Å². The predicted molar refractivity (Wildman–Crippen MR) is 98.1 cm³/mol. The van der Waals surface area contributed by atoms with Crippen LogP contribution in [0, 0.1) is 0 Å². The molecule has 0 unspecified atom stereocenters. The molecule has 0 atom stereocenters. The molecule has 0 saturated carbocycles. The van der Waals surface area contributed by atoms with Crippen LogP contribution in [0.4, 0.5) is 17.6 Å². The number of nitrogens with one attached hydrogen (secondary N) is 1. The topological polar surface area (TPSA) is 69.7 Å². The predicted octanol–water partition coefficient (Wildman–Crippen LogP) is 1.04. The summed E-state index contributed by atoms with van der Waals surface area (Å²) in [6.07, 6.45) is -2.38. The Morgan fingerprint density at radius 1 is 1.11 bits per heavy atom. The van der Waals surface area contributed by atoms with E-state index in [1.807, 2.05) is 0 Å². The van der Waals surface area contributed by atoms with E-state index in [4.69, 9.17) is 0 Å². The van der Waals surface area contributed by atoms with Gasteiger partial charge in [0.05, 0.1) is 6.54 Å². The molecule has 0 aliphatic carbocycles. The Morgan fingerprint density at radius 2 is 1.59 bits per heavy atom. The van der Waals surface area contributed by atoms with Crippen LogP contribution in [0.1, 0.15) is 12.8 Å². The molecule has 0 bridgehead atoms. The maximum Gasteiger partial charge on any atom is 0.319 e. The molecular weight excluding hydrogens is 437 g/mol. The fourth-order valence-electron chi connectivity index (χ4n) is 3.34. The number of amides is 1. The van der Waals surface area contributed by atoms with Gasteiger partial charge >= 0.3 is 12.3 Å². The molecule has 13 heteroatoms. The zero-order chi connectivity index (χ0) is 18.9. The molecule has 1 N–H and O–H groups in total. The standard InChI is InChI=1S/C14H23F4N3O3S.2ClH/c1-25(23,24)13(2-4-19-5-3-13)12(22)21-8-6-20(7-9-21)10-14(17,18)11(15)16;;/h11,19H,2-10H2,1H3;2*1H. The summed E-state index contributed by atoms with van der Waals surface area (Å²) in [5.41, 5.74) is 0. The molecule has 2 aliphatic heterocycles. The van der Waals surface area contributed by atoms with Crippen LogP contribution < -0.4 is 5.32 Å². The van der Waals surface area contributed by atoms with Gasteiger partial charge in [-0.25, -0.2) is 17.2 Å². The lowest BCUT2D eigenvalue weighted by molar-refractivity contribution is -0.149. The van der Waals surface area contributed by atoms with E-state index in [1.165, 1.54) is 9.80 Å². The van der Waals surface area contributed by atoms with Crippen molar-refractivity contribution < 1.29 is 30.8 Å². The van der Waals surface area contributed by atoms with Crippen molar-refractivity contribution in [2.75, 3.05) is 52.1 Å². The molecule has 2 rings (SSSR count). The Labute approximate surface area is 168 Å². The summed E-state index contributed by atoms with van der Waals surface area (Å²) in [4.78, 5) is 15.4. The fourth-order valence-corrected chi connectivity index (χ4v) is 4.73. The third kappa shape index (κ3) is 5.81. The molecule has 0 aromatic rings. The second-order valence-electron chi connectivity index (χ2n) is 6.65. The third-order valence-corrected chi connectivity index (χ3v) is 6.93. The number of piperidine rings is 1. The van der Waals surface area contributed by atoms with Gasteiger partial charge < -0.3 is 10.2 Å². The molecule has 2 heterocycles. The number of halogens is 6. The first kappa shape index (κ1) is 26.6. The summed E-state index contributed by atoms with van der Waals surface area (Å²) in [5.74, 6) is -4.62. The van der Waals surface area contributed by atoms with Crippen LogP contribution in [-0.4, -0.2) is 93.3 Å². The number of rotatable bonds is 5. The number of carbonyl (C=O) groups excluding carboxylic acids is 1. The number of hydrogen-bond donors (Lipinski definition) is 1. The quantitative estimate of drug-likeness (QED) is 0.619. The molecule has 2 saturated heterocycles. The van der Waals surface area contributed by atoms with E-state index in [2.05, 4.69) is 5.32 Å². The van der Waals surface area contributed by atoms with Crippen LogP contribution >= 0.6 is 24.8 Å². The minimum Gasteiger partial charge on any atom is -0.339 e. The second-order valence-corrected chi connectivity index (χ2v) is 8.97. The van der Waals surface area contributed by atoms with E-state index < -0.39 is 39.4 Å². The van der Waals surface area contributed by atoms with E-state index in [9.17, 15) is 30.8 Å². The van der Waals surface area contributed by atoms with Crippen molar-refractivity contribution in [1.82, 2.24) is 15.1 Å². The van der Waals surface area contributed by atoms with Gasteiger partial charge in [-0.2, -0.15) is 8.78 Å². The van der Waals surface area contributed by atoms with Crippen LogP contribution in [0.3, 0.4) is 0 Å². The summed E-state index contributed by atoms with van der Waals surface area (Å²) < 4.78 is 73.8. The van der Waals surface area contributed by atoms with Crippen molar-refractivity contribution in [3.63, 3.8) is 0 Å². The number of carbonyl (C=O) groups is 1. The van der Waals surface area contributed by atoms with E-state index >= 15 is 0 Å². The first-order valence-corrected chi connectivity index (χ1v) is 9.97. The molecule has 162 valence electrons. The van der Waals surface area contributed by atoms with Gasteiger partial charge in [0.15, 0.2) is 14.6 Å². The molecular formula is C14H25Cl2F4N3O3S. The summed E-state index contributed by atoms with van der Waals surface area (Å²) in [7, 11) is -3.65. The lowest BCUT2D eigenvalue weighted by atomic mass is 9.95. The monoisotopic (exact) mass is 461 g/mol. The lowest BCUT2D eigenvalue weighted by Gasteiger charge is -2.42. The maximum atomic E-state index is 13.1. The van der Waals surface area contributed by atoms with Gasteiger partial charge in [-0.05, 0) is 25.9 Å². The second kappa shape index (κ2) is 9.91. The Bertz CT molecular complexity index is 596. The average molecular weight is 462 g/mol. The molecule has 0 aromatic carbocycles. The zero-order valence-electron chi connectivity index (χ0n) is 14.8. The highest BCUT2D eigenvalue weighted by molar-refractivity contribution is 7.92. The van der Waals surface area contributed by atoms with Crippen molar-refractivity contribution >= 4 is 40.6 Å². The molecule has 2 fully saturated rings. The average Bonchev–Trinajstić information content (AvgIpc) is 2.54. The zero-order valence-corrected chi connectivity index (χ0v) is 17.2. The summed E-state index contributed by atoms with van der Waals surface area (Å²) in [5, 5.41) is 3.01. The molecule has 27 heavy (non-hydrogen) atoms. The van der Waals surface area contributed by atoms with Gasteiger partial charge in [0.1, 0.15) is 0 Å². The van der Waals surface area contributed by atoms with Crippen LogP contribution in [0.15, 0.2) is 0 Å². The number of piperazine rings is 1. The number of nitrogens with zero attached hydrogens (tertiary/aromatic N) is 2. The normalized spacial score (nSPS) is 21.3. The number of alkyl halides is 4. The Kier molecular flexibility index (Phi) is 9.77. The Balaban J connectivity index is 0.00000338. The molecule has 0 radical (unpaired) electrons. The van der Waals surface area contributed by atoms with E-state index in [-0.39, 0.29) is 63.8 Å². The Morgan fingerprint density at radius 3 is 2.00 bits per heavy atom. The summed E-state index contributed by atoms with van der Waals surface area (Å²) >= 11 is 0. The van der Waals surface area contributed by atoms with Gasteiger partial charge in [-0.3, -0.25) is 9.69 Å².